The number of aromatic nitrogens is 1. The maximum absolute atomic E-state index is 12.2. The van der Waals surface area contributed by atoms with Gasteiger partial charge in [0.2, 0.25) is 10.0 Å². The predicted molar refractivity (Wildman–Crippen MR) is 83.1 cm³/mol. The van der Waals surface area contributed by atoms with Gasteiger partial charge < -0.3 is 4.74 Å². The maximum Gasteiger partial charge on any atom is 0.240 e. The van der Waals surface area contributed by atoms with Crippen LogP contribution in [0.5, 0.6) is 0 Å². The number of nitrogens with zero attached hydrogens (tertiary/aromatic N) is 1. The van der Waals surface area contributed by atoms with Gasteiger partial charge in [-0.3, -0.25) is 0 Å². The first-order valence-electron chi connectivity index (χ1n) is 6.58. The van der Waals surface area contributed by atoms with Crippen LogP contribution >= 0.6 is 11.6 Å². The van der Waals surface area contributed by atoms with E-state index in [4.69, 9.17) is 16.3 Å². The zero-order valence-electron chi connectivity index (χ0n) is 11.7. The first kappa shape index (κ1) is 16.2. The number of ether oxygens (including phenoxy) is 1. The summed E-state index contributed by atoms with van der Waals surface area (Å²) in [6.07, 6.45) is 1.55. The van der Waals surface area contributed by atoms with Crippen molar-refractivity contribution < 1.29 is 13.2 Å². The van der Waals surface area contributed by atoms with Crippen LogP contribution < -0.4 is 4.72 Å². The highest BCUT2D eigenvalue weighted by Crippen LogP contribution is 2.19. The molecule has 0 spiro atoms. The molecule has 0 aliphatic carbocycles. The average molecular weight is 329 g/mol. The minimum absolute atomic E-state index is 0.228. The Hall–Kier alpha value is -1.21. The highest BCUT2D eigenvalue weighted by atomic mass is 35.5. The Labute approximate surface area is 129 Å². The molecule has 2 aromatic rings. The summed E-state index contributed by atoms with van der Waals surface area (Å²) in [6.45, 7) is 1.02. The number of rotatable bonds is 7. The van der Waals surface area contributed by atoms with Crippen molar-refractivity contribution in [2.75, 3.05) is 20.3 Å². The molecule has 1 N–H and O–H groups in total. The number of pyridine rings is 1. The van der Waals surface area contributed by atoms with E-state index in [2.05, 4.69) is 9.71 Å². The molecule has 5 nitrogen and oxygen atoms in total. The van der Waals surface area contributed by atoms with Crippen LogP contribution in [0.25, 0.3) is 10.9 Å². The summed E-state index contributed by atoms with van der Waals surface area (Å²) in [6, 6.07) is 8.17. The third-order valence-corrected chi connectivity index (χ3v) is 4.67. The van der Waals surface area contributed by atoms with E-state index < -0.39 is 10.0 Å². The SMILES string of the molecule is COCCCCNS(=O)(=O)c1ccc2nc(Cl)ccc2c1. The number of halogens is 1. The molecule has 114 valence electrons. The molecule has 0 fully saturated rings. The molecule has 1 aromatic heterocycles. The Morgan fingerprint density at radius 1 is 1.24 bits per heavy atom. The summed E-state index contributed by atoms with van der Waals surface area (Å²) in [5.41, 5.74) is 0.668. The number of nitrogens with one attached hydrogen (secondary N) is 1. The van der Waals surface area contributed by atoms with Gasteiger partial charge in [-0.2, -0.15) is 0 Å². The van der Waals surface area contributed by atoms with E-state index in [1.165, 1.54) is 6.07 Å². The number of methoxy groups -OCH3 is 1. The van der Waals surface area contributed by atoms with Crippen LogP contribution in [-0.4, -0.2) is 33.7 Å². The Balaban J connectivity index is 2.11. The second kappa shape index (κ2) is 7.17. The molecule has 0 unspecified atom stereocenters. The van der Waals surface area contributed by atoms with Gasteiger partial charge in [0.25, 0.3) is 0 Å². The van der Waals surface area contributed by atoms with E-state index in [1.54, 1.807) is 31.4 Å². The number of sulfonamides is 1. The Morgan fingerprint density at radius 2 is 2.05 bits per heavy atom. The minimum atomic E-state index is -3.50. The van der Waals surface area contributed by atoms with Gasteiger partial charge in [-0.05, 0) is 43.2 Å². The summed E-state index contributed by atoms with van der Waals surface area (Å²) in [5.74, 6) is 0. The van der Waals surface area contributed by atoms with Crippen LogP contribution in [0, 0.1) is 0 Å². The second-order valence-electron chi connectivity index (χ2n) is 4.59. The normalized spacial score (nSPS) is 11.9. The van der Waals surface area contributed by atoms with Crippen molar-refractivity contribution in [1.29, 1.82) is 0 Å². The fourth-order valence-electron chi connectivity index (χ4n) is 1.91. The summed E-state index contributed by atoms with van der Waals surface area (Å²) in [7, 11) is -1.88. The monoisotopic (exact) mass is 328 g/mol. The van der Waals surface area contributed by atoms with E-state index in [0.29, 0.717) is 23.8 Å². The number of hydrogen-bond donors (Lipinski definition) is 1. The van der Waals surface area contributed by atoms with Gasteiger partial charge in [-0.1, -0.05) is 11.6 Å². The summed E-state index contributed by atoms with van der Waals surface area (Å²) in [5, 5.41) is 1.12. The topological polar surface area (TPSA) is 68.3 Å². The molecule has 0 amide bonds. The third kappa shape index (κ3) is 4.38. The van der Waals surface area contributed by atoms with Gasteiger partial charge in [0, 0.05) is 25.6 Å². The lowest BCUT2D eigenvalue weighted by Gasteiger charge is -2.07. The lowest BCUT2D eigenvalue weighted by Crippen LogP contribution is -2.25. The fraction of sp³-hybridized carbons (Fsp3) is 0.357. The predicted octanol–water partition coefficient (Wildman–Crippen LogP) is 2.59. The smallest absolute Gasteiger partial charge is 0.240 e. The summed E-state index contributed by atoms with van der Waals surface area (Å²) < 4.78 is 31.9. The van der Waals surface area contributed by atoms with Crippen LogP contribution in [0.1, 0.15) is 12.8 Å². The molecule has 0 saturated carbocycles. The Bertz CT molecular complexity index is 719. The van der Waals surface area contributed by atoms with Crippen molar-refractivity contribution in [1.82, 2.24) is 9.71 Å². The molecule has 0 aliphatic heterocycles. The van der Waals surface area contributed by atoms with E-state index in [1.807, 2.05) is 0 Å². The van der Waals surface area contributed by atoms with Crippen LogP contribution in [0.3, 0.4) is 0 Å². The van der Waals surface area contributed by atoms with Crippen molar-refractivity contribution in [3.8, 4) is 0 Å². The molecule has 1 heterocycles. The molecule has 0 radical (unpaired) electrons. The lowest BCUT2D eigenvalue weighted by atomic mass is 10.2. The van der Waals surface area contributed by atoms with E-state index >= 15 is 0 Å². The lowest BCUT2D eigenvalue weighted by molar-refractivity contribution is 0.193. The molecule has 2 rings (SSSR count). The van der Waals surface area contributed by atoms with Gasteiger partial charge in [0.05, 0.1) is 10.4 Å². The van der Waals surface area contributed by atoms with Crippen molar-refractivity contribution in [2.24, 2.45) is 0 Å². The summed E-state index contributed by atoms with van der Waals surface area (Å²) >= 11 is 5.81. The molecule has 0 atom stereocenters. The highest BCUT2D eigenvalue weighted by molar-refractivity contribution is 7.89. The van der Waals surface area contributed by atoms with Gasteiger partial charge in [0.1, 0.15) is 5.15 Å². The first-order valence-corrected chi connectivity index (χ1v) is 8.44. The minimum Gasteiger partial charge on any atom is -0.385 e. The molecule has 1 aromatic carbocycles. The molecule has 7 heteroatoms. The molecule has 0 aliphatic rings. The molecule has 21 heavy (non-hydrogen) atoms. The number of unbranched alkanes of at least 4 members (excludes halogenated alkanes) is 1. The number of hydrogen-bond acceptors (Lipinski definition) is 4. The van der Waals surface area contributed by atoms with Gasteiger partial charge >= 0.3 is 0 Å². The Morgan fingerprint density at radius 3 is 2.81 bits per heavy atom. The van der Waals surface area contributed by atoms with Crippen LogP contribution in [0.2, 0.25) is 5.15 Å². The van der Waals surface area contributed by atoms with Gasteiger partial charge in [0.15, 0.2) is 0 Å². The van der Waals surface area contributed by atoms with Crippen LogP contribution in [-0.2, 0) is 14.8 Å². The zero-order valence-corrected chi connectivity index (χ0v) is 13.2. The number of benzene rings is 1. The van der Waals surface area contributed by atoms with Crippen molar-refractivity contribution in [3.05, 3.63) is 35.5 Å². The summed E-state index contributed by atoms with van der Waals surface area (Å²) in [4.78, 5) is 4.36. The third-order valence-electron chi connectivity index (χ3n) is 3.00. The van der Waals surface area contributed by atoms with E-state index in [9.17, 15) is 8.42 Å². The van der Waals surface area contributed by atoms with Gasteiger partial charge in [-0.25, -0.2) is 18.1 Å². The van der Waals surface area contributed by atoms with E-state index in [0.717, 1.165) is 18.2 Å². The average Bonchev–Trinajstić information content (AvgIpc) is 2.46. The fourth-order valence-corrected chi connectivity index (χ4v) is 3.17. The quantitative estimate of drug-likeness (QED) is 0.626. The zero-order chi connectivity index (χ0) is 15.3. The maximum atomic E-state index is 12.2. The van der Waals surface area contributed by atoms with Crippen molar-refractivity contribution >= 4 is 32.5 Å². The number of fused-ring (bicyclic) bond motifs is 1. The first-order chi connectivity index (χ1) is 10.0. The molecule has 0 saturated heterocycles. The van der Waals surface area contributed by atoms with E-state index in [-0.39, 0.29) is 4.90 Å². The van der Waals surface area contributed by atoms with Crippen LogP contribution in [0.15, 0.2) is 35.2 Å². The van der Waals surface area contributed by atoms with Crippen molar-refractivity contribution in [3.63, 3.8) is 0 Å². The Kier molecular flexibility index (Phi) is 5.52. The van der Waals surface area contributed by atoms with Crippen molar-refractivity contribution in [2.45, 2.75) is 17.7 Å². The largest absolute Gasteiger partial charge is 0.385 e. The molecular weight excluding hydrogens is 312 g/mol. The highest BCUT2D eigenvalue weighted by Gasteiger charge is 2.13. The molecular formula is C14H17ClN2O3S. The van der Waals surface area contributed by atoms with Crippen LogP contribution in [0.4, 0.5) is 0 Å². The standard InChI is InChI=1S/C14H17ClN2O3S/c1-20-9-3-2-8-16-21(18,19)12-5-6-13-11(10-12)4-7-14(15)17-13/h4-7,10,16H,2-3,8-9H2,1H3. The second-order valence-corrected chi connectivity index (χ2v) is 6.74. The molecule has 0 bridgehead atoms. The van der Waals surface area contributed by atoms with Gasteiger partial charge in [-0.15, -0.1) is 0 Å².